The molecule has 0 saturated heterocycles. The molecule has 0 aliphatic heterocycles. The molecule has 1 aromatic heterocycles. The lowest BCUT2D eigenvalue weighted by molar-refractivity contribution is -0.130. The Morgan fingerprint density at radius 1 is 1.00 bits per heavy atom. The van der Waals surface area contributed by atoms with E-state index < -0.39 is 5.97 Å². The van der Waals surface area contributed by atoms with E-state index in [9.17, 15) is 9.90 Å². The Balaban J connectivity index is 1.97. The smallest absolute Gasteiger partial charge is 0.336 e. The van der Waals surface area contributed by atoms with Gasteiger partial charge in [-0.05, 0) is 23.8 Å². The molecule has 0 unspecified atom stereocenters. The van der Waals surface area contributed by atoms with Gasteiger partial charge in [0.1, 0.15) is 0 Å². The molecule has 0 fully saturated rings. The van der Waals surface area contributed by atoms with Crippen LogP contribution in [-0.2, 0) is 4.79 Å². The van der Waals surface area contributed by atoms with Crippen molar-refractivity contribution in [1.82, 2.24) is 9.78 Å². The Morgan fingerprint density at radius 2 is 1.64 bits per heavy atom. The van der Waals surface area contributed by atoms with Crippen LogP contribution in [0.2, 0.25) is 0 Å². The van der Waals surface area contributed by atoms with E-state index in [0.29, 0.717) is 5.56 Å². The van der Waals surface area contributed by atoms with Crippen molar-refractivity contribution in [2.45, 2.75) is 0 Å². The molecule has 0 aliphatic carbocycles. The quantitative estimate of drug-likeness (QED) is 0.748. The minimum absolute atomic E-state index is 0.244. The molecule has 3 rings (SSSR count). The molecule has 0 atom stereocenters. The van der Waals surface area contributed by atoms with Gasteiger partial charge >= 0.3 is 5.97 Å². The highest BCUT2D eigenvalue weighted by Crippen LogP contribution is 2.19. The summed E-state index contributed by atoms with van der Waals surface area (Å²) in [5.41, 5.74) is 2.58. The predicted octanol–water partition coefficient (Wildman–Crippen LogP) is 3.50. The summed E-state index contributed by atoms with van der Waals surface area (Å²) in [5, 5.41) is 13.7. The first-order valence-corrected chi connectivity index (χ1v) is 6.84. The van der Waals surface area contributed by atoms with E-state index in [1.165, 1.54) is 0 Å². The lowest BCUT2D eigenvalue weighted by Gasteiger charge is -2.01. The maximum atomic E-state index is 11.5. The largest absolute Gasteiger partial charge is 0.478 e. The molecule has 3 aromatic rings. The van der Waals surface area contributed by atoms with Crippen LogP contribution in [-0.4, -0.2) is 20.9 Å². The van der Waals surface area contributed by atoms with E-state index in [1.807, 2.05) is 48.5 Å². The number of nitrogens with zero attached hydrogens (tertiary/aromatic N) is 2. The number of aromatic nitrogens is 2. The molecule has 4 nitrogen and oxygen atoms in total. The van der Waals surface area contributed by atoms with Crippen LogP contribution < -0.4 is 0 Å². The van der Waals surface area contributed by atoms with Gasteiger partial charge in [-0.25, -0.2) is 9.48 Å². The fourth-order valence-electron chi connectivity index (χ4n) is 2.19. The maximum Gasteiger partial charge on any atom is 0.336 e. The number of aliphatic carboxylic acids is 1. The Labute approximate surface area is 128 Å². The van der Waals surface area contributed by atoms with E-state index >= 15 is 0 Å². The molecule has 4 heteroatoms. The minimum Gasteiger partial charge on any atom is -0.478 e. The first-order chi connectivity index (χ1) is 10.7. The number of carboxylic acids is 1. The summed E-state index contributed by atoms with van der Waals surface area (Å²) in [6, 6.07) is 18.7. The summed E-state index contributed by atoms with van der Waals surface area (Å²) in [5.74, 6) is -0.960. The summed E-state index contributed by atoms with van der Waals surface area (Å²) in [7, 11) is 0. The van der Waals surface area contributed by atoms with Crippen LogP contribution >= 0.6 is 0 Å². The van der Waals surface area contributed by atoms with Gasteiger partial charge in [-0.1, -0.05) is 48.5 Å². The second-order valence-electron chi connectivity index (χ2n) is 4.78. The normalized spacial score (nSPS) is 11.4. The highest BCUT2D eigenvalue weighted by atomic mass is 16.4. The summed E-state index contributed by atoms with van der Waals surface area (Å²) < 4.78 is 1.72. The lowest BCUT2D eigenvalue weighted by Crippen LogP contribution is -1.99. The highest BCUT2D eigenvalue weighted by Gasteiger charge is 2.10. The molecule has 0 aliphatic rings. The van der Waals surface area contributed by atoms with Gasteiger partial charge in [0.2, 0.25) is 0 Å². The van der Waals surface area contributed by atoms with Crippen LogP contribution in [0, 0.1) is 0 Å². The zero-order valence-electron chi connectivity index (χ0n) is 11.8. The Bertz CT molecular complexity index is 805. The minimum atomic E-state index is -0.960. The fraction of sp³-hybridized carbons (Fsp3) is 0. The maximum absolute atomic E-state index is 11.5. The van der Waals surface area contributed by atoms with Gasteiger partial charge in [0, 0.05) is 11.8 Å². The summed E-state index contributed by atoms with van der Waals surface area (Å²) in [6.45, 7) is 0. The van der Waals surface area contributed by atoms with Crippen LogP contribution in [0.3, 0.4) is 0 Å². The van der Waals surface area contributed by atoms with Crippen LogP contribution in [0.15, 0.2) is 73.1 Å². The van der Waals surface area contributed by atoms with Crippen molar-refractivity contribution in [2.75, 3.05) is 0 Å². The third-order valence-electron chi connectivity index (χ3n) is 3.25. The van der Waals surface area contributed by atoms with Gasteiger partial charge < -0.3 is 5.11 Å². The molecule has 0 spiro atoms. The van der Waals surface area contributed by atoms with Crippen molar-refractivity contribution < 1.29 is 9.90 Å². The summed E-state index contributed by atoms with van der Waals surface area (Å²) >= 11 is 0. The van der Waals surface area contributed by atoms with Crippen LogP contribution in [0.1, 0.15) is 11.1 Å². The third-order valence-corrected chi connectivity index (χ3v) is 3.25. The molecule has 0 amide bonds. The molecule has 108 valence electrons. The zero-order chi connectivity index (χ0) is 15.4. The number of hydrogen-bond acceptors (Lipinski definition) is 2. The molecule has 22 heavy (non-hydrogen) atoms. The number of rotatable bonds is 4. The standard InChI is InChI=1S/C18H14N2O2/c21-18(22)17(15-7-3-1-4-8-15)11-14-12-19-20(13-14)16-9-5-2-6-10-16/h1-13H,(H,21,22). The van der Waals surface area contributed by atoms with Crippen LogP contribution in [0.4, 0.5) is 0 Å². The highest BCUT2D eigenvalue weighted by molar-refractivity contribution is 6.20. The first-order valence-electron chi connectivity index (χ1n) is 6.84. The second-order valence-corrected chi connectivity index (χ2v) is 4.78. The monoisotopic (exact) mass is 290 g/mol. The van der Waals surface area contributed by atoms with E-state index in [2.05, 4.69) is 5.10 Å². The Kier molecular flexibility index (Phi) is 3.83. The van der Waals surface area contributed by atoms with Crippen molar-refractivity contribution >= 4 is 17.6 Å². The average Bonchev–Trinajstić information content (AvgIpc) is 3.03. The number of hydrogen-bond donors (Lipinski definition) is 1. The topological polar surface area (TPSA) is 55.1 Å². The first kappa shape index (κ1) is 13.8. The van der Waals surface area contributed by atoms with E-state index in [4.69, 9.17) is 0 Å². The fourth-order valence-corrected chi connectivity index (χ4v) is 2.19. The van der Waals surface area contributed by atoms with Gasteiger partial charge in [0.25, 0.3) is 0 Å². The van der Waals surface area contributed by atoms with Gasteiger partial charge in [0.15, 0.2) is 0 Å². The lowest BCUT2D eigenvalue weighted by atomic mass is 10.0. The van der Waals surface area contributed by atoms with E-state index in [-0.39, 0.29) is 5.57 Å². The van der Waals surface area contributed by atoms with Gasteiger partial charge in [0.05, 0.1) is 17.5 Å². The molecular formula is C18H14N2O2. The van der Waals surface area contributed by atoms with Crippen molar-refractivity contribution in [3.63, 3.8) is 0 Å². The molecule has 1 N–H and O–H groups in total. The summed E-state index contributed by atoms with van der Waals surface area (Å²) in [6.07, 6.45) is 5.09. The van der Waals surface area contributed by atoms with Crippen LogP contribution in [0.25, 0.3) is 17.3 Å². The van der Waals surface area contributed by atoms with Gasteiger partial charge in [-0.15, -0.1) is 0 Å². The van der Waals surface area contributed by atoms with Crippen molar-refractivity contribution in [1.29, 1.82) is 0 Å². The number of para-hydroxylation sites is 1. The SMILES string of the molecule is O=C(O)C(=Cc1cnn(-c2ccccc2)c1)c1ccccc1. The Morgan fingerprint density at radius 3 is 2.27 bits per heavy atom. The summed E-state index contributed by atoms with van der Waals surface area (Å²) in [4.78, 5) is 11.5. The van der Waals surface area contributed by atoms with Gasteiger partial charge in [-0.3, -0.25) is 0 Å². The molecule has 0 saturated carbocycles. The van der Waals surface area contributed by atoms with E-state index in [1.54, 1.807) is 35.3 Å². The second kappa shape index (κ2) is 6.10. The molecule has 0 radical (unpaired) electrons. The average molecular weight is 290 g/mol. The van der Waals surface area contributed by atoms with Gasteiger partial charge in [-0.2, -0.15) is 5.10 Å². The Hall–Kier alpha value is -3.14. The van der Waals surface area contributed by atoms with E-state index in [0.717, 1.165) is 11.3 Å². The number of carboxylic acid groups (broad SMARTS) is 1. The molecule has 0 bridgehead atoms. The molecule has 1 heterocycles. The molecular weight excluding hydrogens is 276 g/mol. The predicted molar refractivity (Wildman–Crippen MR) is 85.5 cm³/mol. The molecule has 2 aromatic carbocycles. The zero-order valence-corrected chi connectivity index (χ0v) is 11.8. The van der Waals surface area contributed by atoms with Crippen molar-refractivity contribution in [3.05, 3.63) is 84.2 Å². The number of benzene rings is 2. The van der Waals surface area contributed by atoms with Crippen LogP contribution in [0.5, 0.6) is 0 Å². The third kappa shape index (κ3) is 2.96. The number of carbonyl (C=O) groups is 1. The van der Waals surface area contributed by atoms with Crippen molar-refractivity contribution in [3.8, 4) is 5.69 Å². The van der Waals surface area contributed by atoms with Crippen molar-refractivity contribution in [2.24, 2.45) is 0 Å².